The number of para-hydroxylation sites is 1. The summed E-state index contributed by atoms with van der Waals surface area (Å²) in [5.41, 5.74) is 2.57. The molecule has 1 radical (unpaired) electrons. The molecule has 4 heteroatoms. The minimum absolute atomic E-state index is 0.282. The number of aromatic nitrogens is 1. The fraction of sp³-hybridized carbons (Fsp3) is 0.273. The molecule has 0 amide bonds. The number of benzene rings is 2. The smallest absolute Gasteiger partial charge is 0.336 e. The molecule has 0 aliphatic rings. The van der Waals surface area contributed by atoms with Crippen molar-refractivity contribution in [3.05, 3.63) is 66.2 Å². The van der Waals surface area contributed by atoms with Crippen LogP contribution in [0.4, 0.5) is 0 Å². The van der Waals surface area contributed by atoms with E-state index >= 15 is 0 Å². The van der Waals surface area contributed by atoms with Gasteiger partial charge in [0.05, 0.1) is 16.8 Å². The summed E-state index contributed by atoms with van der Waals surface area (Å²) in [6, 6.07) is 18.5. The molecular weight excluding hydrogens is 429 g/mol. The van der Waals surface area contributed by atoms with Gasteiger partial charge in [-0.15, -0.1) is 0 Å². The zero-order valence-corrected chi connectivity index (χ0v) is 18.6. The van der Waals surface area contributed by atoms with Crippen LogP contribution in [0.5, 0.6) is 0 Å². The van der Waals surface area contributed by atoms with E-state index in [0.717, 1.165) is 5.56 Å². The molecular formula is C22H26NO2Sn. The third-order valence-electron chi connectivity index (χ3n) is 4.52. The van der Waals surface area contributed by atoms with Crippen molar-refractivity contribution in [2.45, 2.75) is 34.1 Å². The Kier molecular flexibility index (Phi) is 8.10. The predicted molar refractivity (Wildman–Crippen MR) is 111 cm³/mol. The van der Waals surface area contributed by atoms with Gasteiger partial charge in [-0.25, -0.2) is 9.78 Å². The summed E-state index contributed by atoms with van der Waals surface area (Å²) in [5.74, 6) is -0.934. The molecule has 0 fully saturated rings. The topological polar surface area (TPSA) is 50.2 Å². The second-order valence-corrected chi connectivity index (χ2v) is 16.4. The van der Waals surface area contributed by atoms with Crippen molar-refractivity contribution in [3.63, 3.8) is 0 Å². The Balaban J connectivity index is 0.000000298. The van der Waals surface area contributed by atoms with Crippen LogP contribution < -0.4 is 0 Å². The van der Waals surface area contributed by atoms with Crippen molar-refractivity contribution in [1.29, 1.82) is 0 Å². The summed E-state index contributed by atoms with van der Waals surface area (Å²) in [7, 11) is 0. The summed E-state index contributed by atoms with van der Waals surface area (Å²) in [4.78, 5) is 15.9. The van der Waals surface area contributed by atoms with E-state index in [4.69, 9.17) is 0 Å². The van der Waals surface area contributed by atoms with E-state index in [1.165, 1.54) is 0 Å². The molecule has 0 saturated carbocycles. The van der Waals surface area contributed by atoms with E-state index in [-0.39, 0.29) is 5.56 Å². The van der Waals surface area contributed by atoms with Gasteiger partial charge in [-0.1, -0.05) is 48.5 Å². The standard InChI is InChI=1S/C16H11NO2.3C2H5.Sn/c18-16(19)13-10-15(11-6-2-1-3-7-11)17-14-9-5-4-8-12(13)14;3*1-2;/h1-10H,(H,18,19);3*1H2,2H3;. The first kappa shape index (κ1) is 20.4. The molecule has 1 N–H and O–H groups in total. The number of pyridine rings is 1. The number of carboxylic acid groups (broad SMARTS) is 1. The predicted octanol–water partition coefficient (Wildman–Crippen LogP) is 6.14. The van der Waals surface area contributed by atoms with Crippen molar-refractivity contribution < 1.29 is 9.90 Å². The van der Waals surface area contributed by atoms with Crippen molar-refractivity contribution >= 4 is 36.6 Å². The van der Waals surface area contributed by atoms with Crippen molar-refractivity contribution in [3.8, 4) is 11.3 Å². The minimum atomic E-state index is -0.934. The second-order valence-electron chi connectivity index (χ2n) is 6.05. The van der Waals surface area contributed by atoms with Crippen LogP contribution in [-0.4, -0.2) is 35.8 Å². The van der Waals surface area contributed by atoms with Crippen molar-refractivity contribution in [2.75, 3.05) is 0 Å². The number of nitrogens with zero attached hydrogens (tertiary/aromatic N) is 1. The van der Waals surface area contributed by atoms with Crippen LogP contribution in [0.2, 0.25) is 13.3 Å². The maximum Gasteiger partial charge on any atom is 0.336 e. The average molecular weight is 455 g/mol. The van der Waals surface area contributed by atoms with Crippen molar-refractivity contribution in [1.82, 2.24) is 4.98 Å². The Labute approximate surface area is 162 Å². The Hall–Kier alpha value is -1.88. The summed E-state index contributed by atoms with van der Waals surface area (Å²) >= 11 is -0.653. The average Bonchev–Trinajstić information content (AvgIpc) is 2.69. The Morgan fingerprint density at radius 1 is 0.923 bits per heavy atom. The second kappa shape index (κ2) is 10.3. The number of hydrogen-bond acceptors (Lipinski definition) is 2. The van der Waals surface area contributed by atoms with Gasteiger partial charge in [0.1, 0.15) is 0 Å². The SMILES string of the molecule is C[CH2][Sn]([CH2]C)[CH2]C.O=C(O)c1cc(-c2ccccc2)nc2ccccc12. The number of carboxylic acids is 1. The molecule has 1 aromatic heterocycles. The molecule has 0 unspecified atom stereocenters. The Morgan fingerprint density at radius 2 is 1.50 bits per heavy atom. The van der Waals surface area contributed by atoms with Gasteiger partial charge in [0.2, 0.25) is 0 Å². The maximum atomic E-state index is 11.4. The van der Waals surface area contributed by atoms with Gasteiger partial charge in [-0.2, -0.15) is 0 Å². The first-order valence-corrected chi connectivity index (χ1v) is 15.2. The van der Waals surface area contributed by atoms with Crippen LogP contribution in [0.25, 0.3) is 22.2 Å². The monoisotopic (exact) mass is 456 g/mol. The maximum absolute atomic E-state index is 11.4. The van der Waals surface area contributed by atoms with E-state index in [0.29, 0.717) is 16.6 Å². The van der Waals surface area contributed by atoms with Crippen LogP contribution in [-0.2, 0) is 0 Å². The summed E-state index contributed by atoms with van der Waals surface area (Å²) in [6.07, 6.45) is 0. The van der Waals surface area contributed by atoms with Gasteiger partial charge in [-0.3, -0.25) is 0 Å². The van der Waals surface area contributed by atoms with Gasteiger partial charge in [-0.05, 0) is 12.1 Å². The fourth-order valence-corrected chi connectivity index (χ4v) is 7.14. The molecule has 0 atom stereocenters. The minimum Gasteiger partial charge on any atom is -0.478 e. The van der Waals surface area contributed by atoms with E-state index < -0.39 is 25.7 Å². The van der Waals surface area contributed by atoms with Gasteiger partial charge in [0.15, 0.2) is 0 Å². The third-order valence-corrected chi connectivity index (χ3v) is 13.1. The normalized spacial score (nSPS) is 10.5. The first-order valence-electron chi connectivity index (χ1n) is 9.12. The molecule has 1 heterocycles. The van der Waals surface area contributed by atoms with E-state index in [1.54, 1.807) is 25.4 Å². The number of fused-ring (bicyclic) bond motifs is 1. The molecule has 26 heavy (non-hydrogen) atoms. The summed E-state index contributed by atoms with van der Waals surface area (Å²) < 4.78 is 4.65. The largest absolute Gasteiger partial charge is 0.478 e. The molecule has 3 aromatic rings. The van der Waals surface area contributed by atoms with Crippen LogP contribution in [0.15, 0.2) is 60.7 Å². The zero-order valence-electron chi connectivity index (χ0n) is 15.7. The quantitative estimate of drug-likeness (QED) is 0.471. The molecule has 0 aliphatic carbocycles. The summed E-state index contributed by atoms with van der Waals surface area (Å²) in [6.45, 7) is 7.05. The molecule has 2 aromatic carbocycles. The summed E-state index contributed by atoms with van der Waals surface area (Å²) in [5, 5.41) is 9.99. The Bertz CT molecular complexity index is 840. The molecule has 0 saturated heterocycles. The molecule has 3 nitrogen and oxygen atoms in total. The number of hydrogen-bond donors (Lipinski definition) is 1. The molecule has 3 rings (SSSR count). The molecule has 0 aliphatic heterocycles. The van der Waals surface area contributed by atoms with Crippen LogP contribution in [0, 0.1) is 0 Å². The van der Waals surface area contributed by atoms with Crippen LogP contribution in [0.1, 0.15) is 31.1 Å². The number of rotatable bonds is 5. The number of carbonyl (C=O) groups is 1. The van der Waals surface area contributed by atoms with E-state index in [9.17, 15) is 9.90 Å². The van der Waals surface area contributed by atoms with Gasteiger partial charge in [0.25, 0.3) is 0 Å². The first-order chi connectivity index (χ1) is 12.6. The van der Waals surface area contributed by atoms with Crippen molar-refractivity contribution in [2.24, 2.45) is 0 Å². The molecule has 135 valence electrons. The van der Waals surface area contributed by atoms with E-state index in [1.807, 2.05) is 48.5 Å². The van der Waals surface area contributed by atoms with Gasteiger partial charge in [0, 0.05) is 10.9 Å². The fourth-order valence-electron chi connectivity index (χ4n) is 2.86. The Morgan fingerprint density at radius 3 is 2.04 bits per heavy atom. The third kappa shape index (κ3) is 5.31. The molecule has 0 bridgehead atoms. The van der Waals surface area contributed by atoms with Gasteiger partial charge < -0.3 is 5.11 Å². The van der Waals surface area contributed by atoms with E-state index in [2.05, 4.69) is 25.8 Å². The van der Waals surface area contributed by atoms with Crippen LogP contribution in [0.3, 0.4) is 0 Å². The van der Waals surface area contributed by atoms with Gasteiger partial charge >= 0.3 is 59.8 Å². The number of aromatic carboxylic acids is 1. The van der Waals surface area contributed by atoms with Crippen LogP contribution >= 0.6 is 0 Å². The zero-order chi connectivity index (χ0) is 18.9. The molecule has 0 spiro atoms.